The maximum absolute atomic E-state index is 6.00. The largest absolute Gasteiger partial charge is 0.493 e. The monoisotopic (exact) mass is 540 g/mol. The molecule has 0 unspecified atom stereocenters. The number of nitrogens with zero attached hydrogens (tertiary/aromatic N) is 2. The molecule has 1 aliphatic rings. The SMILES string of the molecule is CN=C(NCc1ccnc(OC2CCCC2)c1)Nc1cccc(OCCCOC)c1.I. The summed E-state index contributed by atoms with van der Waals surface area (Å²) in [7, 11) is 3.44. The van der Waals surface area contributed by atoms with Gasteiger partial charge in [-0.3, -0.25) is 4.99 Å². The first-order valence-corrected chi connectivity index (χ1v) is 10.6. The molecule has 0 radical (unpaired) electrons. The maximum Gasteiger partial charge on any atom is 0.213 e. The highest BCUT2D eigenvalue weighted by Crippen LogP contribution is 2.23. The molecule has 0 aliphatic heterocycles. The van der Waals surface area contributed by atoms with Gasteiger partial charge < -0.3 is 24.8 Å². The number of anilines is 1. The molecule has 1 fully saturated rings. The first-order valence-electron chi connectivity index (χ1n) is 10.6. The van der Waals surface area contributed by atoms with Gasteiger partial charge in [0.05, 0.1) is 6.61 Å². The molecule has 8 heteroatoms. The first-order chi connectivity index (χ1) is 14.8. The van der Waals surface area contributed by atoms with Gasteiger partial charge in [-0.2, -0.15) is 0 Å². The molecular formula is C23H33IN4O3. The number of hydrogen-bond acceptors (Lipinski definition) is 5. The molecule has 1 aliphatic carbocycles. The summed E-state index contributed by atoms with van der Waals surface area (Å²) in [6.07, 6.45) is 7.68. The highest BCUT2D eigenvalue weighted by molar-refractivity contribution is 14.0. The van der Waals surface area contributed by atoms with E-state index in [0.29, 0.717) is 37.7 Å². The topological polar surface area (TPSA) is 77.0 Å². The number of ether oxygens (including phenoxy) is 3. The van der Waals surface area contributed by atoms with Crippen molar-refractivity contribution in [3.63, 3.8) is 0 Å². The number of halogens is 1. The van der Waals surface area contributed by atoms with Gasteiger partial charge in [-0.05, 0) is 49.4 Å². The van der Waals surface area contributed by atoms with Crippen LogP contribution in [0.1, 0.15) is 37.7 Å². The van der Waals surface area contributed by atoms with E-state index in [1.54, 1.807) is 20.4 Å². The predicted octanol–water partition coefficient (Wildman–Crippen LogP) is 4.62. The third-order valence-electron chi connectivity index (χ3n) is 4.93. The standard InChI is InChI=1S/C23H32N4O3.HI/c1-24-23(27-19-7-5-10-21(16-19)29-14-6-13-28-2)26-17-18-11-12-25-22(15-18)30-20-8-3-4-9-20;/h5,7,10-12,15-16,20H,3-4,6,8-9,13-14,17H2,1-2H3,(H2,24,26,27);1H. The molecule has 1 saturated carbocycles. The van der Waals surface area contributed by atoms with E-state index in [-0.39, 0.29) is 24.0 Å². The second-order valence-electron chi connectivity index (χ2n) is 7.30. The lowest BCUT2D eigenvalue weighted by Gasteiger charge is -2.15. The lowest BCUT2D eigenvalue weighted by molar-refractivity contribution is 0.172. The number of methoxy groups -OCH3 is 1. The Labute approximate surface area is 202 Å². The third kappa shape index (κ3) is 8.90. The molecule has 0 bridgehead atoms. The Balaban J connectivity index is 0.00000341. The van der Waals surface area contributed by atoms with E-state index in [1.807, 2.05) is 36.4 Å². The third-order valence-corrected chi connectivity index (χ3v) is 4.93. The van der Waals surface area contributed by atoms with Crippen molar-refractivity contribution in [3.8, 4) is 11.6 Å². The van der Waals surface area contributed by atoms with Gasteiger partial charge >= 0.3 is 0 Å². The smallest absolute Gasteiger partial charge is 0.213 e. The summed E-state index contributed by atoms with van der Waals surface area (Å²) >= 11 is 0. The van der Waals surface area contributed by atoms with Crippen molar-refractivity contribution in [2.45, 2.75) is 44.8 Å². The molecular weight excluding hydrogens is 507 g/mol. The van der Waals surface area contributed by atoms with Crippen LogP contribution in [0.5, 0.6) is 11.6 Å². The second-order valence-corrected chi connectivity index (χ2v) is 7.30. The molecule has 0 amide bonds. The number of guanidine groups is 1. The van der Waals surface area contributed by atoms with Crippen LogP contribution in [0, 0.1) is 0 Å². The first kappa shape index (κ1) is 25.2. The lowest BCUT2D eigenvalue weighted by atomic mass is 10.2. The molecule has 3 rings (SSSR count). The molecule has 0 spiro atoms. The van der Waals surface area contributed by atoms with Gasteiger partial charge in [0.25, 0.3) is 0 Å². The van der Waals surface area contributed by atoms with Gasteiger partial charge in [0.2, 0.25) is 5.88 Å². The zero-order valence-electron chi connectivity index (χ0n) is 18.3. The molecule has 31 heavy (non-hydrogen) atoms. The number of rotatable bonds is 10. The number of pyridine rings is 1. The van der Waals surface area contributed by atoms with Crippen molar-refractivity contribution in [1.29, 1.82) is 0 Å². The van der Waals surface area contributed by atoms with Gasteiger partial charge in [-0.15, -0.1) is 24.0 Å². The van der Waals surface area contributed by atoms with Crippen molar-refractivity contribution in [1.82, 2.24) is 10.3 Å². The van der Waals surface area contributed by atoms with Crippen LogP contribution in [0.25, 0.3) is 0 Å². The Morgan fingerprint density at radius 3 is 2.77 bits per heavy atom. The second kappa shape index (κ2) is 14.1. The molecule has 2 N–H and O–H groups in total. The van der Waals surface area contributed by atoms with Crippen molar-refractivity contribution in [3.05, 3.63) is 48.2 Å². The Morgan fingerprint density at radius 2 is 2.00 bits per heavy atom. The van der Waals surface area contributed by atoms with E-state index < -0.39 is 0 Å². The molecule has 170 valence electrons. The molecule has 0 saturated heterocycles. The van der Waals surface area contributed by atoms with E-state index in [9.17, 15) is 0 Å². The minimum atomic E-state index is 0. The van der Waals surface area contributed by atoms with Crippen LogP contribution in [-0.4, -0.2) is 44.4 Å². The average Bonchev–Trinajstić information content (AvgIpc) is 3.28. The predicted molar refractivity (Wildman–Crippen MR) is 135 cm³/mol. The Bertz CT molecular complexity index is 813. The number of benzene rings is 1. The zero-order valence-corrected chi connectivity index (χ0v) is 20.6. The molecule has 1 aromatic carbocycles. The Morgan fingerprint density at radius 1 is 1.16 bits per heavy atom. The van der Waals surface area contributed by atoms with Crippen LogP contribution in [-0.2, 0) is 11.3 Å². The van der Waals surface area contributed by atoms with Crippen molar-refractivity contribution < 1.29 is 14.2 Å². The van der Waals surface area contributed by atoms with Gasteiger partial charge in [-0.1, -0.05) is 6.07 Å². The van der Waals surface area contributed by atoms with Gasteiger partial charge in [0.1, 0.15) is 11.9 Å². The van der Waals surface area contributed by atoms with Crippen molar-refractivity contribution >= 4 is 35.6 Å². The van der Waals surface area contributed by atoms with Gasteiger partial charge in [0.15, 0.2) is 5.96 Å². The Hall–Kier alpha value is -2.07. The number of nitrogens with one attached hydrogen (secondary N) is 2. The number of hydrogen-bond donors (Lipinski definition) is 2. The number of aromatic nitrogens is 1. The summed E-state index contributed by atoms with van der Waals surface area (Å²) in [6, 6.07) is 11.8. The van der Waals surface area contributed by atoms with Crippen LogP contribution < -0.4 is 20.1 Å². The molecule has 1 heterocycles. The molecule has 2 aromatic rings. The zero-order chi connectivity index (χ0) is 21.0. The maximum atomic E-state index is 6.00. The van der Waals surface area contributed by atoms with Gasteiger partial charge in [-0.25, -0.2) is 4.98 Å². The van der Waals surface area contributed by atoms with Crippen LogP contribution in [0.4, 0.5) is 5.69 Å². The molecule has 0 atom stereocenters. The quantitative estimate of drug-likeness (QED) is 0.198. The van der Waals surface area contributed by atoms with Crippen molar-refractivity contribution in [2.75, 3.05) is 32.7 Å². The summed E-state index contributed by atoms with van der Waals surface area (Å²) in [6.45, 7) is 1.94. The fraction of sp³-hybridized carbons (Fsp3) is 0.478. The van der Waals surface area contributed by atoms with Crippen LogP contribution in [0.15, 0.2) is 47.6 Å². The normalized spacial score (nSPS) is 14.1. The van der Waals surface area contributed by atoms with E-state index >= 15 is 0 Å². The van der Waals surface area contributed by atoms with E-state index in [2.05, 4.69) is 20.6 Å². The summed E-state index contributed by atoms with van der Waals surface area (Å²) < 4.78 is 16.8. The summed E-state index contributed by atoms with van der Waals surface area (Å²) in [4.78, 5) is 8.66. The van der Waals surface area contributed by atoms with Crippen LogP contribution >= 0.6 is 24.0 Å². The fourth-order valence-corrected chi connectivity index (χ4v) is 3.36. The van der Waals surface area contributed by atoms with Crippen LogP contribution in [0.2, 0.25) is 0 Å². The molecule has 1 aromatic heterocycles. The van der Waals surface area contributed by atoms with E-state index in [4.69, 9.17) is 14.2 Å². The van der Waals surface area contributed by atoms with E-state index in [0.717, 1.165) is 36.3 Å². The average molecular weight is 540 g/mol. The Kier molecular flexibility index (Phi) is 11.4. The molecule has 7 nitrogen and oxygen atoms in total. The lowest BCUT2D eigenvalue weighted by Crippen LogP contribution is -2.30. The van der Waals surface area contributed by atoms with Crippen molar-refractivity contribution in [2.24, 2.45) is 4.99 Å². The minimum Gasteiger partial charge on any atom is -0.493 e. The summed E-state index contributed by atoms with van der Waals surface area (Å²) in [5.41, 5.74) is 2.00. The summed E-state index contributed by atoms with van der Waals surface area (Å²) in [5, 5.41) is 6.63. The highest BCUT2D eigenvalue weighted by atomic mass is 127. The van der Waals surface area contributed by atoms with Crippen LogP contribution in [0.3, 0.4) is 0 Å². The summed E-state index contributed by atoms with van der Waals surface area (Å²) in [5.74, 6) is 2.19. The number of aliphatic imine (C=N–C) groups is 1. The highest BCUT2D eigenvalue weighted by Gasteiger charge is 2.17. The minimum absolute atomic E-state index is 0. The van der Waals surface area contributed by atoms with E-state index in [1.165, 1.54) is 12.8 Å². The van der Waals surface area contributed by atoms with Gasteiger partial charge in [0, 0.05) is 57.7 Å². The fourth-order valence-electron chi connectivity index (χ4n) is 3.36.